The van der Waals surface area contributed by atoms with Gasteiger partial charge >= 0.3 is 0 Å². The van der Waals surface area contributed by atoms with E-state index in [4.69, 9.17) is 4.74 Å². The number of ether oxygens (including phenoxy) is 1. The van der Waals surface area contributed by atoms with Gasteiger partial charge in [-0.05, 0) is 23.8 Å². The molecule has 102 valence electrons. The Kier molecular flexibility index (Phi) is 3.57. The van der Waals surface area contributed by atoms with Crippen molar-refractivity contribution in [2.24, 2.45) is 0 Å². The number of hydrogen-bond acceptors (Lipinski definition) is 3. The maximum atomic E-state index is 11.6. The van der Waals surface area contributed by atoms with Crippen molar-refractivity contribution in [1.82, 2.24) is 0 Å². The Morgan fingerprint density at radius 1 is 1.47 bits per heavy atom. The number of fused-ring (bicyclic) bond motifs is 1. The van der Waals surface area contributed by atoms with E-state index in [1.807, 2.05) is 26.0 Å². The first-order chi connectivity index (χ1) is 8.92. The third-order valence-corrected chi connectivity index (χ3v) is 3.18. The minimum Gasteiger partial charge on any atom is -0.375 e. The highest BCUT2D eigenvalue weighted by molar-refractivity contribution is 5.97. The maximum absolute atomic E-state index is 11.6. The molecule has 0 saturated heterocycles. The molecule has 2 rings (SSSR count). The molecule has 5 nitrogen and oxygen atoms in total. The third-order valence-electron chi connectivity index (χ3n) is 3.18. The molecular weight excluding hydrogens is 244 g/mol. The molecule has 1 heterocycles. The molecule has 0 aliphatic carbocycles. The van der Waals surface area contributed by atoms with Crippen LogP contribution in [-0.4, -0.2) is 25.5 Å². The third kappa shape index (κ3) is 2.93. The summed E-state index contributed by atoms with van der Waals surface area (Å²) in [6, 6.07) is 5.49. The van der Waals surface area contributed by atoms with E-state index in [1.165, 1.54) is 7.11 Å². The molecule has 1 aliphatic heterocycles. The van der Waals surface area contributed by atoms with Gasteiger partial charge in [-0.2, -0.15) is 0 Å². The van der Waals surface area contributed by atoms with E-state index >= 15 is 0 Å². The molecule has 0 fully saturated rings. The average Bonchev–Trinajstić information content (AvgIpc) is 2.29. The lowest BCUT2D eigenvalue weighted by Crippen LogP contribution is -2.32. The van der Waals surface area contributed by atoms with Gasteiger partial charge in [0.1, 0.15) is 6.61 Å². The van der Waals surface area contributed by atoms with E-state index in [-0.39, 0.29) is 23.8 Å². The highest BCUT2D eigenvalue weighted by atomic mass is 16.5. The van der Waals surface area contributed by atoms with Crippen molar-refractivity contribution in [3.8, 4) is 0 Å². The summed E-state index contributed by atoms with van der Waals surface area (Å²) in [5, 5.41) is 5.61. The second kappa shape index (κ2) is 5.01. The second-order valence-electron chi connectivity index (χ2n) is 5.35. The number of carbonyl (C=O) groups is 2. The van der Waals surface area contributed by atoms with E-state index in [2.05, 4.69) is 10.6 Å². The van der Waals surface area contributed by atoms with Gasteiger partial charge in [0.2, 0.25) is 11.8 Å². The summed E-state index contributed by atoms with van der Waals surface area (Å²) in [6.45, 7) is 4.06. The van der Waals surface area contributed by atoms with E-state index < -0.39 is 0 Å². The van der Waals surface area contributed by atoms with Gasteiger partial charge < -0.3 is 15.4 Å². The Morgan fingerprint density at radius 3 is 2.89 bits per heavy atom. The molecule has 0 bridgehead atoms. The van der Waals surface area contributed by atoms with Crippen molar-refractivity contribution in [3.63, 3.8) is 0 Å². The predicted octanol–water partition coefficient (Wildman–Crippen LogP) is 1.89. The number of benzene rings is 1. The van der Waals surface area contributed by atoms with Crippen molar-refractivity contribution in [1.29, 1.82) is 0 Å². The Morgan fingerprint density at radius 2 is 2.21 bits per heavy atom. The molecule has 1 aromatic rings. The van der Waals surface area contributed by atoms with Gasteiger partial charge in [0.25, 0.3) is 0 Å². The van der Waals surface area contributed by atoms with Gasteiger partial charge in [0, 0.05) is 30.3 Å². The number of nitrogens with one attached hydrogen (secondary N) is 2. The summed E-state index contributed by atoms with van der Waals surface area (Å²) >= 11 is 0. The SMILES string of the molecule is COCC(=O)Nc1ccc2c(c1)C(C)(C)CC(=O)N2. The summed E-state index contributed by atoms with van der Waals surface area (Å²) in [5.74, 6) is -0.172. The zero-order chi connectivity index (χ0) is 14.0. The Hall–Kier alpha value is -1.88. The molecule has 1 aromatic carbocycles. The van der Waals surface area contributed by atoms with Crippen molar-refractivity contribution in [2.45, 2.75) is 25.7 Å². The number of anilines is 2. The average molecular weight is 262 g/mol. The lowest BCUT2D eigenvalue weighted by atomic mass is 9.78. The largest absolute Gasteiger partial charge is 0.375 e. The van der Waals surface area contributed by atoms with Crippen LogP contribution in [0.15, 0.2) is 18.2 Å². The molecule has 1 aliphatic rings. The number of methoxy groups -OCH3 is 1. The zero-order valence-electron chi connectivity index (χ0n) is 11.4. The fourth-order valence-corrected chi connectivity index (χ4v) is 2.31. The number of hydrogen-bond donors (Lipinski definition) is 2. The van der Waals surface area contributed by atoms with Gasteiger partial charge in [-0.15, -0.1) is 0 Å². The zero-order valence-corrected chi connectivity index (χ0v) is 11.4. The first-order valence-corrected chi connectivity index (χ1v) is 6.15. The first kappa shape index (κ1) is 13.5. The van der Waals surface area contributed by atoms with Gasteiger partial charge in [0.05, 0.1) is 0 Å². The smallest absolute Gasteiger partial charge is 0.250 e. The molecule has 19 heavy (non-hydrogen) atoms. The van der Waals surface area contributed by atoms with E-state index in [0.717, 1.165) is 11.3 Å². The highest BCUT2D eigenvalue weighted by Gasteiger charge is 2.31. The van der Waals surface area contributed by atoms with Crippen LogP contribution in [0.3, 0.4) is 0 Å². The lowest BCUT2D eigenvalue weighted by molar-refractivity contribution is -0.120. The number of amides is 2. The van der Waals surface area contributed by atoms with Crippen molar-refractivity contribution >= 4 is 23.2 Å². The minimum absolute atomic E-state index is 0.0219. The minimum atomic E-state index is -0.236. The number of carbonyl (C=O) groups excluding carboxylic acids is 2. The number of rotatable bonds is 3. The summed E-state index contributed by atoms with van der Waals surface area (Å²) in [4.78, 5) is 23.1. The van der Waals surface area contributed by atoms with Crippen LogP contribution in [-0.2, 0) is 19.7 Å². The summed E-state index contributed by atoms with van der Waals surface area (Å²) in [5.41, 5.74) is 2.32. The van der Waals surface area contributed by atoms with Crippen molar-refractivity contribution < 1.29 is 14.3 Å². The van der Waals surface area contributed by atoms with Gasteiger partial charge in [-0.1, -0.05) is 13.8 Å². The molecular formula is C14H18N2O3. The summed E-state index contributed by atoms with van der Waals surface area (Å²) in [6.07, 6.45) is 0.440. The van der Waals surface area contributed by atoms with Crippen molar-refractivity contribution in [3.05, 3.63) is 23.8 Å². The van der Waals surface area contributed by atoms with E-state index in [9.17, 15) is 9.59 Å². The molecule has 0 unspecified atom stereocenters. The molecule has 0 radical (unpaired) electrons. The summed E-state index contributed by atoms with van der Waals surface area (Å²) < 4.78 is 4.77. The molecule has 5 heteroatoms. The molecule has 2 N–H and O–H groups in total. The molecule has 0 spiro atoms. The van der Waals surface area contributed by atoms with E-state index in [1.54, 1.807) is 6.07 Å². The van der Waals surface area contributed by atoms with E-state index in [0.29, 0.717) is 12.1 Å². The molecule has 0 saturated carbocycles. The second-order valence-corrected chi connectivity index (χ2v) is 5.35. The van der Waals surface area contributed by atoms with Gasteiger partial charge in [-0.25, -0.2) is 0 Å². The molecule has 0 atom stereocenters. The van der Waals surface area contributed by atoms with Crippen LogP contribution in [0.5, 0.6) is 0 Å². The fourth-order valence-electron chi connectivity index (χ4n) is 2.31. The van der Waals surface area contributed by atoms with Crippen molar-refractivity contribution in [2.75, 3.05) is 24.4 Å². The topological polar surface area (TPSA) is 67.4 Å². The molecule has 0 aromatic heterocycles. The highest BCUT2D eigenvalue weighted by Crippen LogP contribution is 2.38. The maximum Gasteiger partial charge on any atom is 0.250 e. The quantitative estimate of drug-likeness (QED) is 0.874. The Balaban J connectivity index is 2.28. The molecule has 2 amide bonds. The lowest BCUT2D eigenvalue weighted by Gasteiger charge is -2.32. The van der Waals surface area contributed by atoms with Crippen LogP contribution in [0.2, 0.25) is 0 Å². The monoisotopic (exact) mass is 262 g/mol. The normalized spacial score (nSPS) is 16.5. The fraction of sp³-hybridized carbons (Fsp3) is 0.429. The Bertz CT molecular complexity index is 523. The van der Waals surface area contributed by atoms with Crippen LogP contribution in [0.25, 0.3) is 0 Å². The van der Waals surface area contributed by atoms with Crippen LogP contribution < -0.4 is 10.6 Å². The van der Waals surface area contributed by atoms with Crippen LogP contribution in [0.4, 0.5) is 11.4 Å². The van der Waals surface area contributed by atoms with Gasteiger partial charge in [0.15, 0.2) is 0 Å². The van der Waals surface area contributed by atoms with Crippen LogP contribution in [0.1, 0.15) is 25.8 Å². The predicted molar refractivity (Wildman–Crippen MR) is 73.2 cm³/mol. The van der Waals surface area contributed by atoms with Crippen LogP contribution in [0, 0.1) is 0 Å². The first-order valence-electron chi connectivity index (χ1n) is 6.15. The van der Waals surface area contributed by atoms with Gasteiger partial charge in [-0.3, -0.25) is 9.59 Å². The summed E-state index contributed by atoms with van der Waals surface area (Å²) in [7, 11) is 1.48. The Labute approximate surface area is 112 Å². The van der Waals surface area contributed by atoms with Crippen LogP contribution >= 0.6 is 0 Å². The standard InChI is InChI=1S/C14H18N2O3/c1-14(2)7-12(17)16-11-5-4-9(6-10(11)14)15-13(18)8-19-3/h4-6H,7-8H2,1-3H3,(H,15,18)(H,16,17).